The molecule has 3 rings (SSSR count). The van der Waals surface area contributed by atoms with Crippen molar-refractivity contribution in [2.24, 2.45) is 0 Å². The maximum atomic E-state index is 13.1. The van der Waals surface area contributed by atoms with E-state index in [1.54, 1.807) is 0 Å². The van der Waals surface area contributed by atoms with Gasteiger partial charge in [0.1, 0.15) is 6.04 Å². The zero-order valence-corrected chi connectivity index (χ0v) is 15.3. The molecule has 0 N–H and O–H groups in total. The van der Waals surface area contributed by atoms with Gasteiger partial charge in [-0.25, -0.2) is 0 Å². The summed E-state index contributed by atoms with van der Waals surface area (Å²) < 4.78 is 11.2. The predicted molar refractivity (Wildman–Crippen MR) is 96.4 cm³/mol. The van der Waals surface area contributed by atoms with Gasteiger partial charge in [0.2, 0.25) is 5.91 Å². The van der Waals surface area contributed by atoms with Gasteiger partial charge in [-0.2, -0.15) is 0 Å². The van der Waals surface area contributed by atoms with Crippen molar-refractivity contribution in [3.63, 3.8) is 0 Å². The van der Waals surface area contributed by atoms with Crippen LogP contribution in [0.1, 0.15) is 11.6 Å². The third kappa shape index (κ3) is 4.79. The SMILES string of the molecule is CN(C)[C@H](C(=O)N1CCN(C[C@H]2COCCO2)CC1)c1ccccc1. The number of likely N-dealkylation sites (N-methyl/N-ethyl adjacent to an activating group) is 1. The summed E-state index contributed by atoms with van der Waals surface area (Å²) in [5, 5.41) is 0. The molecule has 0 bridgehead atoms. The molecule has 25 heavy (non-hydrogen) atoms. The minimum Gasteiger partial charge on any atom is -0.376 e. The summed E-state index contributed by atoms with van der Waals surface area (Å²) in [5.41, 5.74) is 1.05. The van der Waals surface area contributed by atoms with Crippen molar-refractivity contribution < 1.29 is 14.3 Å². The molecule has 2 fully saturated rings. The first-order valence-electron chi connectivity index (χ1n) is 9.07. The van der Waals surface area contributed by atoms with E-state index >= 15 is 0 Å². The fourth-order valence-corrected chi connectivity index (χ4v) is 3.55. The fraction of sp³-hybridized carbons (Fsp3) is 0.632. The van der Waals surface area contributed by atoms with Crippen molar-refractivity contribution >= 4 is 5.91 Å². The third-order valence-electron chi connectivity index (χ3n) is 4.90. The summed E-state index contributed by atoms with van der Waals surface area (Å²) in [5.74, 6) is 0.188. The Labute approximate surface area is 150 Å². The van der Waals surface area contributed by atoms with E-state index in [0.29, 0.717) is 19.8 Å². The number of carbonyl (C=O) groups is 1. The first-order valence-corrected chi connectivity index (χ1v) is 9.07. The van der Waals surface area contributed by atoms with Gasteiger partial charge in [-0.3, -0.25) is 14.6 Å². The van der Waals surface area contributed by atoms with Crippen LogP contribution in [-0.4, -0.2) is 93.4 Å². The van der Waals surface area contributed by atoms with Crippen molar-refractivity contribution in [1.82, 2.24) is 14.7 Å². The minimum absolute atomic E-state index is 0.162. The minimum atomic E-state index is -0.220. The molecule has 2 heterocycles. The Kier molecular flexibility index (Phi) is 6.42. The summed E-state index contributed by atoms with van der Waals surface area (Å²) >= 11 is 0. The highest BCUT2D eigenvalue weighted by molar-refractivity contribution is 5.83. The number of rotatable bonds is 5. The third-order valence-corrected chi connectivity index (χ3v) is 4.90. The Hall–Kier alpha value is -1.47. The number of piperazine rings is 1. The molecule has 1 aromatic rings. The van der Waals surface area contributed by atoms with E-state index in [1.807, 2.05) is 54.2 Å². The lowest BCUT2D eigenvalue weighted by Crippen LogP contribution is -2.53. The van der Waals surface area contributed by atoms with Crippen molar-refractivity contribution in [1.29, 1.82) is 0 Å². The van der Waals surface area contributed by atoms with E-state index in [2.05, 4.69) is 4.90 Å². The van der Waals surface area contributed by atoms with Crippen LogP contribution in [0.2, 0.25) is 0 Å². The molecular weight excluding hydrogens is 318 g/mol. The Morgan fingerprint density at radius 2 is 1.88 bits per heavy atom. The quantitative estimate of drug-likeness (QED) is 0.790. The number of benzene rings is 1. The second-order valence-electron chi connectivity index (χ2n) is 6.97. The molecule has 2 aliphatic rings. The molecule has 1 aromatic carbocycles. The Balaban J connectivity index is 1.55. The van der Waals surface area contributed by atoms with Crippen LogP contribution in [0, 0.1) is 0 Å². The van der Waals surface area contributed by atoms with Crippen molar-refractivity contribution in [3.8, 4) is 0 Å². The van der Waals surface area contributed by atoms with Crippen LogP contribution >= 0.6 is 0 Å². The summed E-state index contributed by atoms with van der Waals surface area (Å²) in [4.78, 5) is 19.4. The van der Waals surface area contributed by atoms with Gasteiger partial charge in [0.15, 0.2) is 0 Å². The topological polar surface area (TPSA) is 45.3 Å². The van der Waals surface area contributed by atoms with Gasteiger partial charge >= 0.3 is 0 Å². The molecule has 0 saturated carbocycles. The molecule has 0 radical (unpaired) electrons. The summed E-state index contributed by atoms with van der Waals surface area (Å²) in [7, 11) is 3.93. The van der Waals surface area contributed by atoms with Gasteiger partial charge in [0.05, 0.1) is 25.9 Å². The number of carbonyl (C=O) groups excluding carboxylic acids is 1. The maximum Gasteiger partial charge on any atom is 0.244 e. The van der Waals surface area contributed by atoms with E-state index in [1.165, 1.54) is 0 Å². The second kappa shape index (κ2) is 8.76. The van der Waals surface area contributed by atoms with Gasteiger partial charge in [0.25, 0.3) is 0 Å². The zero-order chi connectivity index (χ0) is 17.6. The van der Waals surface area contributed by atoms with E-state index in [-0.39, 0.29) is 18.1 Å². The summed E-state index contributed by atoms with van der Waals surface area (Å²) in [6.45, 7) is 6.26. The monoisotopic (exact) mass is 347 g/mol. The van der Waals surface area contributed by atoms with Gasteiger partial charge in [-0.1, -0.05) is 30.3 Å². The highest BCUT2D eigenvalue weighted by Gasteiger charge is 2.30. The van der Waals surface area contributed by atoms with Crippen molar-refractivity contribution in [2.75, 3.05) is 66.6 Å². The van der Waals surface area contributed by atoms with Crippen LogP contribution in [0.5, 0.6) is 0 Å². The molecule has 0 aromatic heterocycles. The Morgan fingerprint density at radius 1 is 1.16 bits per heavy atom. The van der Waals surface area contributed by atoms with Gasteiger partial charge in [-0.05, 0) is 19.7 Å². The molecule has 2 saturated heterocycles. The molecule has 0 aliphatic carbocycles. The molecular formula is C19H29N3O3. The largest absolute Gasteiger partial charge is 0.376 e. The normalized spacial score (nSPS) is 23.6. The van der Waals surface area contributed by atoms with Crippen LogP contribution in [0.25, 0.3) is 0 Å². The van der Waals surface area contributed by atoms with Crippen LogP contribution in [0.4, 0.5) is 0 Å². The standard InChI is InChI=1S/C19H29N3O3/c1-20(2)18(16-6-4-3-5-7-16)19(23)22-10-8-21(9-11-22)14-17-15-24-12-13-25-17/h3-7,17-18H,8-15H2,1-2H3/t17-,18-/m0/s1. The fourth-order valence-electron chi connectivity index (χ4n) is 3.55. The Morgan fingerprint density at radius 3 is 2.48 bits per heavy atom. The average molecular weight is 347 g/mol. The Bertz CT molecular complexity index is 538. The van der Waals surface area contributed by atoms with Crippen LogP contribution in [-0.2, 0) is 14.3 Å². The van der Waals surface area contributed by atoms with E-state index in [0.717, 1.165) is 38.3 Å². The van der Waals surface area contributed by atoms with Crippen molar-refractivity contribution in [3.05, 3.63) is 35.9 Å². The first kappa shape index (κ1) is 18.3. The highest BCUT2D eigenvalue weighted by Crippen LogP contribution is 2.21. The lowest BCUT2D eigenvalue weighted by molar-refractivity contribution is -0.139. The highest BCUT2D eigenvalue weighted by atomic mass is 16.6. The molecule has 0 spiro atoms. The molecule has 2 aliphatic heterocycles. The number of ether oxygens (including phenoxy) is 2. The number of nitrogens with zero attached hydrogens (tertiary/aromatic N) is 3. The predicted octanol–water partition coefficient (Wildman–Crippen LogP) is 0.849. The molecule has 0 unspecified atom stereocenters. The first-order chi connectivity index (χ1) is 12.1. The van der Waals surface area contributed by atoms with E-state index < -0.39 is 0 Å². The molecule has 2 atom stereocenters. The van der Waals surface area contributed by atoms with Crippen LogP contribution in [0.3, 0.4) is 0 Å². The summed E-state index contributed by atoms with van der Waals surface area (Å²) in [6, 6.07) is 9.80. The molecule has 1 amide bonds. The van der Waals surface area contributed by atoms with Gasteiger partial charge in [0, 0.05) is 32.7 Å². The van der Waals surface area contributed by atoms with Gasteiger partial charge < -0.3 is 14.4 Å². The lowest BCUT2D eigenvalue weighted by Gasteiger charge is -2.39. The smallest absolute Gasteiger partial charge is 0.244 e. The van der Waals surface area contributed by atoms with Crippen LogP contribution in [0.15, 0.2) is 30.3 Å². The average Bonchev–Trinajstić information content (AvgIpc) is 2.64. The number of amides is 1. The maximum absolute atomic E-state index is 13.1. The number of hydrogen-bond donors (Lipinski definition) is 0. The van der Waals surface area contributed by atoms with E-state index in [4.69, 9.17) is 9.47 Å². The number of hydrogen-bond acceptors (Lipinski definition) is 5. The second-order valence-corrected chi connectivity index (χ2v) is 6.97. The lowest BCUT2D eigenvalue weighted by atomic mass is 10.0. The van der Waals surface area contributed by atoms with E-state index in [9.17, 15) is 4.79 Å². The zero-order valence-electron chi connectivity index (χ0n) is 15.3. The van der Waals surface area contributed by atoms with Crippen LogP contribution < -0.4 is 0 Å². The molecule has 6 heteroatoms. The molecule has 6 nitrogen and oxygen atoms in total. The van der Waals surface area contributed by atoms with Crippen molar-refractivity contribution in [2.45, 2.75) is 12.1 Å². The van der Waals surface area contributed by atoms with Gasteiger partial charge in [-0.15, -0.1) is 0 Å². The summed E-state index contributed by atoms with van der Waals surface area (Å²) in [6.07, 6.45) is 0.162. The molecule has 138 valence electrons.